The van der Waals surface area contributed by atoms with Crippen LogP contribution >= 0.6 is 0 Å². The number of ether oxygens (including phenoxy) is 1. The minimum absolute atomic E-state index is 0.0656. The molecule has 0 bridgehead atoms. The van der Waals surface area contributed by atoms with Crippen molar-refractivity contribution in [2.24, 2.45) is 5.73 Å². The molecule has 2 atom stereocenters. The number of nitrogens with two attached hydrogens (primary N) is 1. The average molecular weight is 228 g/mol. The van der Waals surface area contributed by atoms with Crippen LogP contribution < -0.4 is 11.1 Å². The van der Waals surface area contributed by atoms with Crippen LogP contribution in [0, 0.1) is 0 Å². The fourth-order valence-electron chi connectivity index (χ4n) is 2.10. The number of hydrogen-bond donors (Lipinski definition) is 2. The van der Waals surface area contributed by atoms with Crippen molar-refractivity contribution < 1.29 is 9.53 Å². The minimum atomic E-state index is 0.0656. The van der Waals surface area contributed by atoms with E-state index < -0.39 is 0 Å². The van der Waals surface area contributed by atoms with E-state index in [-0.39, 0.29) is 18.0 Å². The summed E-state index contributed by atoms with van der Waals surface area (Å²) in [4.78, 5) is 11.6. The smallest absolute Gasteiger partial charge is 0.222 e. The molecule has 1 fully saturated rings. The van der Waals surface area contributed by atoms with Gasteiger partial charge in [0.25, 0.3) is 0 Å². The van der Waals surface area contributed by atoms with Gasteiger partial charge in [0.2, 0.25) is 5.91 Å². The van der Waals surface area contributed by atoms with Crippen LogP contribution in [0.5, 0.6) is 0 Å². The molecule has 1 amide bonds. The number of carbonyl (C=O) groups is 1. The molecule has 0 spiro atoms. The summed E-state index contributed by atoms with van der Waals surface area (Å²) in [5, 5.41) is 3.02. The van der Waals surface area contributed by atoms with Gasteiger partial charge >= 0.3 is 0 Å². The first-order valence-electron chi connectivity index (χ1n) is 6.36. The van der Waals surface area contributed by atoms with Crippen LogP contribution in [0.25, 0.3) is 0 Å². The van der Waals surface area contributed by atoms with Gasteiger partial charge in [0.1, 0.15) is 0 Å². The molecule has 94 valence electrons. The van der Waals surface area contributed by atoms with E-state index in [2.05, 4.69) is 5.32 Å². The molecule has 0 saturated heterocycles. The third kappa shape index (κ3) is 4.94. The molecular formula is C12H24N2O2. The third-order valence-electron chi connectivity index (χ3n) is 3.09. The summed E-state index contributed by atoms with van der Waals surface area (Å²) >= 11 is 0. The van der Waals surface area contributed by atoms with Gasteiger partial charge in [-0.3, -0.25) is 4.79 Å². The summed E-state index contributed by atoms with van der Waals surface area (Å²) < 4.78 is 5.15. The van der Waals surface area contributed by atoms with Gasteiger partial charge in [-0.15, -0.1) is 0 Å². The minimum Gasteiger partial charge on any atom is -0.381 e. The lowest BCUT2D eigenvalue weighted by Crippen LogP contribution is -2.47. The highest BCUT2D eigenvalue weighted by Gasteiger charge is 2.21. The van der Waals surface area contributed by atoms with Crippen LogP contribution in [0.15, 0.2) is 0 Å². The lowest BCUT2D eigenvalue weighted by Gasteiger charge is -2.22. The first-order valence-corrected chi connectivity index (χ1v) is 6.36. The monoisotopic (exact) mass is 228 g/mol. The van der Waals surface area contributed by atoms with Crippen molar-refractivity contribution >= 4 is 5.91 Å². The Labute approximate surface area is 97.9 Å². The molecule has 0 aromatic heterocycles. The maximum Gasteiger partial charge on any atom is 0.222 e. The Morgan fingerprint density at radius 2 is 2.12 bits per heavy atom. The molecule has 4 nitrogen and oxygen atoms in total. The zero-order valence-electron chi connectivity index (χ0n) is 10.2. The van der Waals surface area contributed by atoms with Crippen LogP contribution in [-0.2, 0) is 9.53 Å². The highest BCUT2D eigenvalue weighted by atomic mass is 16.5. The number of rotatable bonds is 5. The van der Waals surface area contributed by atoms with Crippen molar-refractivity contribution in [2.75, 3.05) is 13.2 Å². The summed E-state index contributed by atoms with van der Waals surface area (Å²) in [6.45, 7) is 3.10. The molecule has 1 aliphatic rings. The Bertz CT molecular complexity index is 209. The van der Waals surface area contributed by atoms with E-state index in [9.17, 15) is 4.79 Å². The molecule has 0 aliphatic heterocycles. The van der Waals surface area contributed by atoms with E-state index in [4.69, 9.17) is 10.5 Å². The van der Waals surface area contributed by atoms with Crippen molar-refractivity contribution in [2.45, 2.75) is 57.5 Å². The molecule has 1 saturated carbocycles. The van der Waals surface area contributed by atoms with Gasteiger partial charge in [-0.05, 0) is 19.8 Å². The standard InChI is InChI=1S/C12H24N2O2/c1-2-16-9-8-12(15)14-11-7-5-3-4-6-10(11)13/h10-11H,2-9,13H2,1H3,(H,14,15). The van der Waals surface area contributed by atoms with E-state index in [1.807, 2.05) is 6.92 Å². The Morgan fingerprint density at radius 1 is 1.38 bits per heavy atom. The van der Waals surface area contributed by atoms with E-state index in [1.54, 1.807) is 0 Å². The summed E-state index contributed by atoms with van der Waals surface area (Å²) in [5.41, 5.74) is 6.04. The van der Waals surface area contributed by atoms with Crippen molar-refractivity contribution in [3.05, 3.63) is 0 Å². The molecule has 1 aliphatic carbocycles. The molecular weight excluding hydrogens is 204 g/mol. The van der Waals surface area contributed by atoms with Crippen molar-refractivity contribution in [1.82, 2.24) is 5.32 Å². The van der Waals surface area contributed by atoms with Gasteiger partial charge < -0.3 is 15.8 Å². The van der Waals surface area contributed by atoms with Gasteiger partial charge in [-0.2, -0.15) is 0 Å². The fourth-order valence-corrected chi connectivity index (χ4v) is 2.10. The molecule has 4 heteroatoms. The van der Waals surface area contributed by atoms with Crippen molar-refractivity contribution in [1.29, 1.82) is 0 Å². The lowest BCUT2D eigenvalue weighted by molar-refractivity contribution is -0.123. The fraction of sp³-hybridized carbons (Fsp3) is 0.917. The molecule has 3 N–H and O–H groups in total. The second kappa shape index (κ2) is 7.63. The summed E-state index contributed by atoms with van der Waals surface area (Å²) in [5.74, 6) is 0.0656. The van der Waals surface area contributed by atoms with Crippen LogP contribution in [0.4, 0.5) is 0 Å². The number of amides is 1. The molecule has 0 aromatic rings. The quantitative estimate of drug-likeness (QED) is 0.549. The summed E-state index contributed by atoms with van der Waals surface area (Å²) in [6, 6.07) is 0.287. The highest BCUT2D eigenvalue weighted by molar-refractivity contribution is 5.76. The third-order valence-corrected chi connectivity index (χ3v) is 3.09. The van der Waals surface area contributed by atoms with Gasteiger partial charge in [0.15, 0.2) is 0 Å². The zero-order valence-corrected chi connectivity index (χ0v) is 10.2. The Balaban J connectivity index is 2.25. The number of carbonyl (C=O) groups excluding carboxylic acids is 1. The van der Waals surface area contributed by atoms with Gasteiger partial charge in [-0.1, -0.05) is 19.3 Å². The predicted octanol–water partition coefficient (Wildman–Crippen LogP) is 1.19. The number of hydrogen-bond acceptors (Lipinski definition) is 3. The normalized spacial score (nSPS) is 26.1. The molecule has 1 rings (SSSR count). The van der Waals surface area contributed by atoms with Crippen molar-refractivity contribution in [3.63, 3.8) is 0 Å². The first kappa shape index (κ1) is 13.5. The molecule has 2 unspecified atom stereocenters. The van der Waals surface area contributed by atoms with E-state index in [1.165, 1.54) is 19.3 Å². The molecule has 0 radical (unpaired) electrons. The maximum atomic E-state index is 11.6. The van der Waals surface area contributed by atoms with Gasteiger partial charge in [0.05, 0.1) is 6.61 Å². The Kier molecular flexibility index (Phi) is 6.42. The average Bonchev–Trinajstić information content (AvgIpc) is 2.45. The van der Waals surface area contributed by atoms with E-state index in [0.717, 1.165) is 12.8 Å². The summed E-state index contributed by atoms with van der Waals surface area (Å²) in [7, 11) is 0. The summed E-state index contributed by atoms with van der Waals surface area (Å²) in [6.07, 6.45) is 6.07. The molecule has 0 aromatic carbocycles. The van der Waals surface area contributed by atoms with Crippen LogP contribution in [0.3, 0.4) is 0 Å². The van der Waals surface area contributed by atoms with Gasteiger partial charge in [0, 0.05) is 25.1 Å². The topological polar surface area (TPSA) is 64.3 Å². The maximum absolute atomic E-state index is 11.6. The van der Waals surface area contributed by atoms with Crippen LogP contribution in [-0.4, -0.2) is 31.2 Å². The second-order valence-electron chi connectivity index (χ2n) is 4.42. The van der Waals surface area contributed by atoms with Gasteiger partial charge in [-0.25, -0.2) is 0 Å². The van der Waals surface area contributed by atoms with E-state index >= 15 is 0 Å². The van der Waals surface area contributed by atoms with Crippen molar-refractivity contribution in [3.8, 4) is 0 Å². The Morgan fingerprint density at radius 3 is 2.88 bits per heavy atom. The van der Waals surface area contributed by atoms with E-state index in [0.29, 0.717) is 19.6 Å². The van der Waals surface area contributed by atoms with Crippen LogP contribution in [0.2, 0.25) is 0 Å². The Hall–Kier alpha value is -0.610. The predicted molar refractivity (Wildman–Crippen MR) is 64.1 cm³/mol. The SMILES string of the molecule is CCOCCC(=O)NC1CCCCCC1N. The number of nitrogens with one attached hydrogen (secondary N) is 1. The van der Waals surface area contributed by atoms with Crippen LogP contribution in [0.1, 0.15) is 45.4 Å². The molecule has 0 heterocycles. The second-order valence-corrected chi connectivity index (χ2v) is 4.42. The molecule has 16 heavy (non-hydrogen) atoms. The zero-order chi connectivity index (χ0) is 11.8. The largest absolute Gasteiger partial charge is 0.381 e. The first-order chi connectivity index (χ1) is 7.74. The lowest BCUT2D eigenvalue weighted by atomic mass is 10.0. The highest BCUT2D eigenvalue weighted by Crippen LogP contribution is 2.16.